The molecule has 0 atom stereocenters. The quantitative estimate of drug-likeness (QED) is 0.787. The Bertz CT molecular complexity index is 514. The summed E-state index contributed by atoms with van der Waals surface area (Å²) in [5.41, 5.74) is 1.12. The van der Waals surface area contributed by atoms with Crippen molar-refractivity contribution in [2.24, 2.45) is 0 Å². The van der Waals surface area contributed by atoms with Gasteiger partial charge in [0.1, 0.15) is 5.75 Å². The van der Waals surface area contributed by atoms with Crippen molar-refractivity contribution in [1.82, 2.24) is 4.98 Å². The molecule has 0 bridgehead atoms. The number of thiazole rings is 1. The van der Waals surface area contributed by atoms with Crippen LogP contribution in [0.25, 0.3) is 10.2 Å². The van der Waals surface area contributed by atoms with Crippen LogP contribution in [-0.2, 0) is 0 Å². The zero-order chi connectivity index (χ0) is 11.7. The first kappa shape index (κ1) is 11.0. The second kappa shape index (κ2) is 4.65. The van der Waals surface area contributed by atoms with Gasteiger partial charge in [0, 0.05) is 5.92 Å². The predicted octanol–water partition coefficient (Wildman–Crippen LogP) is 4.35. The number of hydrogen-bond donors (Lipinski definition) is 0. The van der Waals surface area contributed by atoms with Crippen LogP contribution in [0, 0.1) is 0 Å². The molecule has 1 aromatic carbocycles. The maximum Gasteiger partial charge on any atom is 0.120 e. The summed E-state index contributed by atoms with van der Waals surface area (Å²) < 4.78 is 6.51. The molecule has 1 fully saturated rings. The Morgan fingerprint density at radius 3 is 2.82 bits per heavy atom. The molecule has 17 heavy (non-hydrogen) atoms. The van der Waals surface area contributed by atoms with Crippen LogP contribution in [0.2, 0.25) is 0 Å². The van der Waals surface area contributed by atoms with Gasteiger partial charge >= 0.3 is 0 Å². The standard InChI is InChI=1S/C14H17NOS/c1-16-11-7-8-12-13(9-11)17-14(15-12)10-5-3-2-4-6-10/h7-10H,2-6H2,1H3. The Hall–Kier alpha value is -1.09. The van der Waals surface area contributed by atoms with Crippen LogP contribution in [0.1, 0.15) is 43.0 Å². The summed E-state index contributed by atoms with van der Waals surface area (Å²) in [5, 5.41) is 1.33. The number of benzene rings is 1. The Balaban J connectivity index is 1.95. The van der Waals surface area contributed by atoms with Crippen LogP contribution in [0.5, 0.6) is 5.75 Å². The van der Waals surface area contributed by atoms with Gasteiger partial charge in [0.05, 0.1) is 22.3 Å². The van der Waals surface area contributed by atoms with Crippen molar-refractivity contribution in [3.05, 3.63) is 23.2 Å². The maximum atomic E-state index is 5.26. The molecule has 0 saturated heterocycles. The summed E-state index contributed by atoms with van der Waals surface area (Å²) in [7, 11) is 1.71. The molecule has 1 saturated carbocycles. The van der Waals surface area contributed by atoms with Crippen molar-refractivity contribution in [1.29, 1.82) is 0 Å². The van der Waals surface area contributed by atoms with Crippen molar-refractivity contribution >= 4 is 21.6 Å². The fourth-order valence-corrected chi connectivity index (χ4v) is 3.74. The Morgan fingerprint density at radius 2 is 2.06 bits per heavy atom. The van der Waals surface area contributed by atoms with Crippen LogP contribution >= 0.6 is 11.3 Å². The smallest absolute Gasteiger partial charge is 0.120 e. The van der Waals surface area contributed by atoms with Gasteiger partial charge in [-0.1, -0.05) is 19.3 Å². The number of aromatic nitrogens is 1. The average Bonchev–Trinajstić information content (AvgIpc) is 2.82. The topological polar surface area (TPSA) is 22.1 Å². The van der Waals surface area contributed by atoms with Crippen LogP contribution in [-0.4, -0.2) is 12.1 Å². The number of nitrogens with zero attached hydrogens (tertiary/aromatic N) is 1. The molecule has 1 aromatic heterocycles. The molecule has 0 spiro atoms. The molecule has 90 valence electrons. The molecular formula is C14H17NOS. The van der Waals surface area contributed by atoms with Crippen molar-refractivity contribution in [3.8, 4) is 5.75 Å². The van der Waals surface area contributed by atoms with Crippen LogP contribution in [0.3, 0.4) is 0 Å². The number of rotatable bonds is 2. The lowest BCUT2D eigenvalue weighted by molar-refractivity contribution is 0.415. The zero-order valence-electron chi connectivity index (χ0n) is 10.1. The molecule has 0 radical (unpaired) electrons. The SMILES string of the molecule is COc1ccc2nc(C3CCCCC3)sc2c1. The minimum Gasteiger partial charge on any atom is -0.497 e. The first-order valence-corrected chi connectivity index (χ1v) is 7.13. The summed E-state index contributed by atoms with van der Waals surface area (Å²) in [6.07, 6.45) is 6.76. The molecule has 3 heteroatoms. The molecule has 0 N–H and O–H groups in total. The van der Waals surface area contributed by atoms with E-state index >= 15 is 0 Å². The normalized spacial score (nSPS) is 17.5. The molecule has 0 unspecified atom stereocenters. The Labute approximate surface area is 106 Å². The molecule has 1 heterocycles. The summed E-state index contributed by atoms with van der Waals surface area (Å²) in [4.78, 5) is 4.77. The molecule has 1 aliphatic rings. The summed E-state index contributed by atoms with van der Waals surface area (Å²) in [6.45, 7) is 0. The van der Waals surface area contributed by atoms with E-state index in [1.54, 1.807) is 7.11 Å². The lowest BCUT2D eigenvalue weighted by Crippen LogP contribution is -2.03. The third-order valence-corrected chi connectivity index (χ3v) is 4.75. The Kier molecular flexibility index (Phi) is 3.02. The van der Waals surface area contributed by atoms with E-state index in [4.69, 9.17) is 9.72 Å². The van der Waals surface area contributed by atoms with E-state index in [1.165, 1.54) is 41.8 Å². The van der Waals surface area contributed by atoms with Gasteiger partial charge < -0.3 is 4.74 Å². The molecule has 1 aliphatic carbocycles. The summed E-state index contributed by atoms with van der Waals surface area (Å²) >= 11 is 1.84. The van der Waals surface area contributed by atoms with Gasteiger partial charge in [-0.25, -0.2) is 4.98 Å². The van der Waals surface area contributed by atoms with Gasteiger partial charge in [-0.3, -0.25) is 0 Å². The predicted molar refractivity (Wildman–Crippen MR) is 72.0 cm³/mol. The largest absolute Gasteiger partial charge is 0.497 e. The van der Waals surface area contributed by atoms with E-state index in [9.17, 15) is 0 Å². The summed E-state index contributed by atoms with van der Waals surface area (Å²) in [5.74, 6) is 1.63. The highest BCUT2D eigenvalue weighted by molar-refractivity contribution is 7.18. The Morgan fingerprint density at radius 1 is 1.24 bits per heavy atom. The fraction of sp³-hybridized carbons (Fsp3) is 0.500. The van der Waals surface area contributed by atoms with E-state index < -0.39 is 0 Å². The number of hydrogen-bond acceptors (Lipinski definition) is 3. The first-order chi connectivity index (χ1) is 8.36. The van der Waals surface area contributed by atoms with E-state index in [1.807, 2.05) is 17.4 Å². The van der Waals surface area contributed by atoms with Crippen molar-refractivity contribution in [2.45, 2.75) is 38.0 Å². The van der Waals surface area contributed by atoms with E-state index in [0.29, 0.717) is 5.92 Å². The molecule has 2 aromatic rings. The molecular weight excluding hydrogens is 230 g/mol. The van der Waals surface area contributed by atoms with Crippen molar-refractivity contribution in [3.63, 3.8) is 0 Å². The van der Waals surface area contributed by atoms with Gasteiger partial charge in [0.2, 0.25) is 0 Å². The minimum atomic E-state index is 0.701. The van der Waals surface area contributed by atoms with Crippen LogP contribution in [0.4, 0.5) is 0 Å². The van der Waals surface area contributed by atoms with Gasteiger partial charge in [-0.15, -0.1) is 11.3 Å². The average molecular weight is 247 g/mol. The van der Waals surface area contributed by atoms with Gasteiger partial charge in [-0.05, 0) is 31.0 Å². The third-order valence-electron chi connectivity index (χ3n) is 3.57. The van der Waals surface area contributed by atoms with Crippen molar-refractivity contribution in [2.75, 3.05) is 7.11 Å². The third kappa shape index (κ3) is 2.16. The fourth-order valence-electron chi connectivity index (χ4n) is 2.57. The first-order valence-electron chi connectivity index (χ1n) is 6.31. The molecule has 0 amide bonds. The van der Waals surface area contributed by atoms with Crippen molar-refractivity contribution < 1.29 is 4.74 Å². The number of ether oxygens (including phenoxy) is 1. The second-order valence-corrected chi connectivity index (χ2v) is 5.78. The zero-order valence-corrected chi connectivity index (χ0v) is 10.9. The highest BCUT2D eigenvalue weighted by atomic mass is 32.1. The lowest BCUT2D eigenvalue weighted by Gasteiger charge is -2.18. The maximum absolute atomic E-state index is 5.26. The monoisotopic (exact) mass is 247 g/mol. The number of methoxy groups -OCH3 is 1. The minimum absolute atomic E-state index is 0.701. The van der Waals surface area contributed by atoms with E-state index in [-0.39, 0.29) is 0 Å². The van der Waals surface area contributed by atoms with Gasteiger partial charge in [-0.2, -0.15) is 0 Å². The van der Waals surface area contributed by atoms with Gasteiger partial charge in [0.25, 0.3) is 0 Å². The number of fused-ring (bicyclic) bond motifs is 1. The van der Waals surface area contributed by atoms with Gasteiger partial charge in [0.15, 0.2) is 0 Å². The summed E-state index contributed by atoms with van der Waals surface area (Å²) in [6, 6.07) is 6.16. The molecule has 2 nitrogen and oxygen atoms in total. The van der Waals surface area contributed by atoms with Crippen LogP contribution < -0.4 is 4.74 Å². The second-order valence-electron chi connectivity index (χ2n) is 4.72. The molecule has 0 aliphatic heterocycles. The van der Waals surface area contributed by atoms with E-state index in [0.717, 1.165) is 11.3 Å². The molecule has 3 rings (SSSR count). The highest BCUT2D eigenvalue weighted by Gasteiger charge is 2.19. The van der Waals surface area contributed by atoms with E-state index in [2.05, 4.69) is 12.1 Å². The lowest BCUT2D eigenvalue weighted by atomic mass is 9.90. The highest BCUT2D eigenvalue weighted by Crippen LogP contribution is 2.37. The van der Waals surface area contributed by atoms with Crippen LogP contribution in [0.15, 0.2) is 18.2 Å².